The molecule has 0 aromatic heterocycles. The predicted molar refractivity (Wildman–Crippen MR) is 96.2 cm³/mol. The highest BCUT2D eigenvalue weighted by Gasteiger charge is 2.30. The number of hydrogen-bond acceptors (Lipinski definition) is 3. The molecule has 0 saturated heterocycles. The Morgan fingerprint density at radius 2 is 1.96 bits per heavy atom. The van der Waals surface area contributed by atoms with Crippen molar-refractivity contribution in [2.45, 2.75) is 32.4 Å². The summed E-state index contributed by atoms with van der Waals surface area (Å²) in [5.74, 6) is 0.691. The van der Waals surface area contributed by atoms with Gasteiger partial charge in [0.15, 0.2) is 0 Å². The van der Waals surface area contributed by atoms with E-state index >= 15 is 0 Å². The lowest BCUT2D eigenvalue weighted by molar-refractivity contribution is -0.117. The summed E-state index contributed by atoms with van der Waals surface area (Å²) in [6.45, 7) is 3.21. The quantitative estimate of drug-likeness (QED) is 0.846. The van der Waals surface area contributed by atoms with Crippen LogP contribution in [-0.2, 0) is 11.3 Å². The first kappa shape index (κ1) is 16.5. The predicted octanol–water partition coefficient (Wildman–Crippen LogP) is 3.61. The van der Waals surface area contributed by atoms with Gasteiger partial charge < -0.3 is 10.1 Å². The summed E-state index contributed by atoms with van der Waals surface area (Å²) in [6.07, 6.45) is 2.35. The number of hydrogen-bond donors (Lipinski definition) is 1. The number of aryl methyl sites for hydroxylation is 1. The number of nitrogens with one attached hydrogen (secondary N) is 1. The van der Waals surface area contributed by atoms with Gasteiger partial charge in [0.25, 0.3) is 0 Å². The van der Waals surface area contributed by atoms with Crippen molar-refractivity contribution in [3.63, 3.8) is 0 Å². The molecule has 4 heteroatoms. The SMILES string of the molecule is COc1ccc(C)cc1NC(=O)CN(Cc1ccccc1)C1CC1. The van der Waals surface area contributed by atoms with Crippen molar-refractivity contribution in [2.24, 2.45) is 0 Å². The molecule has 1 aliphatic rings. The van der Waals surface area contributed by atoms with Crippen LogP contribution in [0.3, 0.4) is 0 Å². The smallest absolute Gasteiger partial charge is 0.238 e. The molecule has 0 bridgehead atoms. The van der Waals surface area contributed by atoms with Crippen molar-refractivity contribution in [2.75, 3.05) is 19.0 Å². The number of methoxy groups -OCH3 is 1. The van der Waals surface area contributed by atoms with E-state index in [4.69, 9.17) is 4.74 Å². The monoisotopic (exact) mass is 324 g/mol. The second-order valence-corrected chi connectivity index (χ2v) is 6.37. The third kappa shape index (κ3) is 4.36. The minimum Gasteiger partial charge on any atom is -0.495 e. The zero-order chi connectivity index (χ0) is 16.9. The highest BCUT2D eigenvalue weighted by Crippen LogP contribution is 2.29. The number of amides is 1. The summed E-state index contributed by atoms with van der Waals surface area (Å²) in [6, 6.07) is 16.6. The van der Waals surface area contributed by atoms with Gasteiger partial charge in [-0.15, -0.1) is 0 Å². The fourth-order valence-corrected chi connectivity index (χ4v) is 2.87. The van der Waals surface area contributed by atoms with Gasteiger partial charge >= 0.3 is 0 Å². The normalized spacial score (nSPS) is 13.8. The number of nitrogens with zero attached hydrogens (tertiary/aromatic N) is 1. The summed E-state index contributed by atoms with van der Waals surface area (Å²) >= 11 is 0. The van der Waals surface area contributed by atoms with E-state index in [1.165, 1.54) is 18.4 Å². The molecule has 0 atom stereocenters. The molecule has 0 radical (unpaired) electrons. The Bertz CT molecular complexity index is 696. The van der Waals surface area contributed by atoms with Crippen molar-refractivity contribution in [1.82, 2.24) is 4.90 Å². The van der Waals surface area contributed by atoms with E-state index < -0.39 is 0 Å². The van der Waals surface area contributed by atoms with Gasteiger partial charge in [0.05, 0.1) is 19.3 Å². The number of anilines is 1. The molecule has 0 spiro atoms. The second kappa shape index (κ2) is 7.49. The van der Waals surface area contributed by atoms with Crippen LogP contribution < -0.4 is 10.1 Å². The van der Waals surface area contributed by atoms with Crippen LogP contribution in [0.2, 0.25) is 0 Å². The van der Waals surface area contributed by atoms with Crippen molar-refractivity contribution < 1.29 is 9.53 Å². The molecule has 1 saturated carbocycles. The van der Waals surface area contributed by atoms with Gasteiger partial charge in [-0.2, -0.15) is 0 Å². The van der Waals surface area contributed by atoms with Crippen LogP contribution in [0.4, 0.5) is 5.69 Å². The van der Waals surface area contributed by atoms with E-state index in [1.54, 1.807) is 7.11 Å². The van der Waals surface area contributed by atoms with Crippen LogP contribution in [0.25, 0.3) is 0 Å². The Morgan fingerprint density at radius 3 is 2.62 bits per heavy atom. The summed E-state index contributed by atoms with van der Waals surface area (Å²) in [5.41, 5.74) is 3.07. The second-order valence-electron chi connectivity index (χ2n) is 6.37. The molecule has 0 aliphatic heterocycles. The Morgan fingerprint density at radius 1 is 1.21 bits per heavy atom. The number of ether oxygens (including phenoxy) is 1. The highest BCUT2D eigenvalue weighted by molar-refractivity contribution is 5.93. The molecule has 1 amide bonds. The van der Waals surface area contributed by atoms with Crippen molar-refractivity contribution in [1.29, 1.82) is 0 Å². The van der Waals surface area contributed by atoms with E-state index in [2.05, 4.69) is 22.3 Å². The first-order valence-electron chi connectivity index (χ1n) is 8.38. The third-order valence-corrected chi connectivity index (χ3v) is 4.27. The van der Waals surface area contributed by atoms with Gasteiger partial charge in [0.2, 0.25) is 5.91 Å². The molecule has 1 fully saturated rings. The molecular formula is C20H24N2O2. The van der Waals surface area contributed by atoms with Crippen LogP contribution in [0.15, 0.2) is 48.5 Å². The summed E-state index contributed by atoms with van der Waals surface area (Å²) in [5, 5.41) is 3.00. The van der Waals surface area contributed by atoms with Crippen LogP contribution >= 0.6 is 0 Å². The molecular weight excluding hydrogens is 300 g/mol. The molecule has 2 aromatic carbocycles. The first-order chi connectivity index (χ1) is 11.7. The van der Waals surface area contributed by atoms with Crippen LogP contribution in [-0.4, -0.2) is 30.5 Å². The van der Waals surface area contributed by atoms with Gasteiger partial charge in [0, 0.05) is 12.6 Å². The number of rotatable bonds is 7. The lowest BCUT2D eigenvalue weighted by Gasteiger charge is -2.22. The fraction of sp³-hybridized carbons (Fsp3) is 0.350. The maximum Gasteiger partial charge on any atom is 0.238 e. The topological polar surface area (TPSA) is 41.6 Å². The van der Waals surface area contributed by atoms with Crippen molar-refractivity contribution in [3.05, 3.63) is 59.7 Å². The van der Waals surface area contributed by atoms with Crippen LogP contribution in [0.5, 0.6) is 5.75 Å². The maximum absolute atomic E-state index is 12.5. The molecule has 2 aromatic rings. The lowest BCUT2D eigenvalue weighted by atomic mass is 10.2. The van der Waals surface area contributed by atoms with Gasteiger partial charge in [-0.1, -0.05) is 36.4 Å². The molecule has 1 N–H and O–H groups in total. The molecule has 0 unspecified atom stereocenters. The van der Waals surface area contributed by atoms with Crippen LogP contribution in [0.1, 0.15) is 24.0 Å². The largest absolute Gasteiger partial charge is 0.495 e. The first-order valence-corrected chi connectivity index (χ1v) is 8.38. The average molecular weight is 324 g/mol. The van der Waals surface area contributed by atoms with E-state index in [0.717, 1.165) is 17.8 Å². The molecule has 4 nitrogen and oxygen atoms in total. The summed E-state index contributed by atoms with van der Waals surface area (Å²) in [4.78, 5) is 14.8. The fourth-order valence-electron chi connectivity index (χ4n) is 2.87. The standard InChI is InChI=1S/C20H24N2O2/c1-15-8-11-19(24-2)18(12-15)21-20(23)14-22(17-9-10-17)13-16-6-4-3-5-7-16/h3-8,11-12,17H,9-10,13-14H2,1-2H3,(H,21,23). The maximum atomic E-state index is 12.5. The van der Waals surface area contributed by atoms with Crippen molar-refractivity contribution in [3.8, 4) is 5.75 Å². The van der Waals surface area contributed by atoms with E-state index in [9.17, 15) is 4.79 Å². The van der Waals surface area contributed by atoms with Gasteiger partial charge in [0.1, 0.15) is 5.75 Å². The van der Waals surface area contributed by atoms with E-state index in [0.29, 0.717) is 18.3 Å². The number of carbonyl (C=O) groups is 1. The zero-order valence-electron chi connectivity index (χ0n) is 14.3. The Balaban J connectivity index is 1.65. The van der Waals surface area contributed by atoms with E-state index in [-0.39, 0.29) is 5.91 Å². The molecule has 3 rings (SSSR count). The van der Waals surface area contributed by atoms with Crippen LogP contribution in [0, 0.1) is 6.92 Å². The Labute approximate surface area is 143 Å². The van der Waals surface area contributed by atoms with Gasteiger partial charge in [-0.05, 0) is 43.0 Å². The number of carbonyl (C=O) groups excluding carboxylic acids is 1. The zero-order valence-corrected chi connectivity index (χ0v) is 14.3. The highest BCUT2D eigenvalue weighted by atomic mass is 16.5. The lowest BCUT2D eigenvalue weighted by Crippen LogP contribution is -2.34. The Kier molecular flexibility index (Phi) is 5.16. The molecule has 126 valence electrons. The van der Waals surface area contributed by atoms with E-state index in [1.807, 2.05) is 43.3 Å². The minimum atomic E-state index is 0.00160. The summed E-state index contributed by atoms with van der Waals surface area (Å²) < 4.78 is 5.33. The number of benzene rings is 2. The van der Waals surface area contributed by atoms with Crippen molar-refractivity contribution >= 4 is 11.6 Å². The van der Waals surface area contributed by atoms with Gasteiger partial charge in [-0.3, -0.25) is 9.69 Å². The molecule has 24 heavy (non-hydrogen) atoms. The summed E-state index contributed by atoms with van der Waals surface area (Å²) in [7, 11) is 1.62. The Hall–Kier alpha value is -2.33. The molecule has 0 heterocycles. The minimum absolute atomic E-state index is 0.00160. The van der Waals surface area contributed by atoms with Gasteiger partial charge in [-0.25, -0.2) is 0 Å². The third-order valence-electron chi connectivity index (χ3n) is 4.27. The molecule has 1 aliphatic carbocycles. The average Bonchev–Trinajstić information content (AvgIpc) is 3.40.